The fourth-order valence-electron chi connectivity index (χ4n) is 5.37. The average molecular weight is 463 g/mol. The van der Waals surface area contributed by atoms with Crippen molar-refractivity contribution < 1.29 is 4.74 Å². The van der Waals surface area contributed by atoms with Crippen LogP contribution in [0.4, 0.5) is 11.4 Å². The average Bonchev–Trinajstić information content (AvgIpc) is 3.46. The molecule has 2 saturated heterocycles. The molecule has 3 heterocycles. The van der Waals surface area contributed by atoms with Gasteiger partial charge in [-0.1, -0.05) is 25.5 Å². The van der Waals surface area contributed by atoms with Crippen LogP contribution in [0.1, 0.15) is 56.9 Å². The standard InChI is InChI=1S/C27H34N4OS/c1-2-3-15-32-26-9-5-4-8-25(26)30-27(33)29-20-10-11-24-22(17-20)23(18-28-24)19-12-14-31-13-6-7-21(31)16-19/h4-5,8-11,17-19,21,28H,2-3,6-7,12-16H2,1H3,(H2,29,30,33). The number of anilines is 2. The number of H-pyrrole nitrogens is 1. The van der Waals surface area contributed by atoms with Gasteiger partial charge in [0, 0.05) is 28.8 Å². The topological polar surface area (TPSA) is 52.3 Å². The number of nitrogens with one attached hydrogen (secondary N) is 3. The molecule has 0 saturated carbocycles. The van der Waals surface area contributed by atoms with Crippen LogP contribution in [-0.4, -0.2) is 40.7 Å². The predicted molar refractivity (Wildman–Crippen MR) is 142 cm³/mol. The van der Waals surface area contributed by atoms with Crippen LogP contribution in [0.5, 0.6) is 5.75 Å². The normalized spacial score (nSPS) is 20.5. The molecule has 2 aliphatic heterocycles. The summed E-state index contributed by atoms with van der Waals surface area (Å²) in [5.41, 5.74) is 4.54. The largest absolute Gasteiger partial charge is 0.491 e. The molecule has 6 heteroatoms. The molecule has 3 N–H and O–H groups in total. The van der Waals surface area contributed by atoms with Crippen molar-refractivity contribution in [1.82, 2.24) is 9.88 Å². The van der Waals surface area contributed by atoms with Gasteiger partial charge in [0.05, 0.1) is 12.3 Å². The first kappa shape index (κ1) is 22.2. The summed E-state index contributed by atoms with van der Waals surface area (Å²) in [6.45, 7) is 5.39. The molecule has 3 aromatic rings. The summed E-state index contributed by atoms with van der Waals surface area (Å²) >= 11 is 5.63. The number of para-hydroxylation sites is 2. The minimum Gasteiger partial charge on any atom is -0.491 e. The van der Waals surface area contributed by atoms with Gasteiger partial charge in [0.25, 0.3) is 0 Å². The van der Waals surface area contributed by atoms with Crippen molar-refractivity contribution in [2.45, 2.75) is 57.4 Å². The first-order valence-electron chi connectivity index (χ1n) is 12.4. The lowest BCUT2D eigenvalue weighted by Gasteiger charge is -2.34. The molecule has 2 atom stereocenters. The Kier molecular flexibility index (Phi) is 6.83. The van der Waals surface area contributed by atoms with Gasteiger partial charge in [-0.2, -0.15) is 0 Å². The van der Waals surface area contributed by atoms with Crippen molar-refractivity contribution in [3.8, 4) is 5.75 Å². The number of ether oxygens (including phenoxy) is 1. The van der Waals surface area contributed by atoms with E-state index in [1.165, 1.54) is 55.2 Å². The first-order valence-corrected chi connectivity index (χ1v) is 12.8. The lowest BCUT2D eigenvalue weighted by Crippen LogP contribution is -2.37. The van der Waals surface area contributed by atoms with Gasteiger partial charge in [-0.15, -0.1) is 0 Å². The van der Waals surface area contributed by atoms with E-state index in [0.717, 1.165) is 36.0 Å². The molecule has 0 spiro atoms. The van der Waals surface area contributed by atoms with Crippen molar-refractivity contribution in [3.63, 3.8) is 0 Å². The van der Waals surface area contributed by atoms with Crippen LogP contribution >= 0.6 is 12.2 Å². The summed E-state index contributed by atoms with van der Waals surface area (Å²) in [5, 5.41) is 8.56. The van der Waals surface area contributed by atoms with Crippen LogP contribution in [0.15, 0.2) is 48.7 Å². The second-order valence-corrected chi connectivity index (χ2v) is 9.74. The molecule has 0 amide bonds. The fraction of sp³-hybridized carbons (Fsp3) is 0.444. The molecule has 2 aliphatic rings. The van der Waals surface area contributed by atoms with E-state index in [1.54, 1.807) is 0 Å². The Bertz CT molecular complexity index is 1110. The number of nitrogens with zero attached hydrogens (tertiary/aromatic N) is 1. The lowest BCUT2D eigenvalue weighted by atomic mass is 9.85. The number of aromatic nitrogens is 1. The second kappa shape index (κ2) is 10.1. The van der Waals surface area contributed by atoms with E-state index in [0.29, 0.717) is 17.6 Å². The number of hydrogen-bond acceptors (Lipinski definition) is 3. The summed E-state index contributed by atoms with van der Waals surface area (Å²) in [4.78, 5) is 6.18. The lowest BCUT2D eigenvalue weighted by molar-refractivity contribution is 0.181. The fourth-order valence-corrected chi connectivity index (χ4v) is 5.60. The number of thiocarbonyl (C=S) groups is 1. The summed E-state index contributed by atoms with van der Waals surface area (Å²) < 4.78 is 5.93. The molecule has 2 aromatic carbocycles. The minimum absolute atomic E-state index is 0.567. The Balaban J connectivity index is 1.28. The Morgan fingerprint density at radius 1 is 1.15 bits per heavy atom. The Hall–Kier alpha value is -2.57. The highest BCUT2D eigenvalue weighted by Crippen LogP contribution is 2.39. The van der Waals surface area contributed by atoms with Crippen LogP contribution in [0.2, 0.25) is 0 Å². The number of aromatic amines is 1. The SMILES string of the molecule is CCCCOc1ccccc1NC(=S)Nc1ccc2[nH]cc(C3CCN4CCCC4C3)c2c1. The van der Waals surface area contributed by atoms with Gasteiger partial charge < -0.3 is 25.3 Å². The van der Waals surface area contributed by atoms with Crippen molar-refractivity contribution in [2.24, 2.45) is 0 Å². The monoisotopic (exact) mass is 462 g/mol. The van der Waals surface area contributed by atoms with Crippen LogP contribution in [0.3, 0.4) is 0 Å². The van der Waals surface area contributed by atoms with E-state index in [4.69, 9.17) is 17.0 Å². The molecule has 174 valence electrons. The first-order chi connectivity index (χ1) is 16.2. The van der Waals surface area contributed by atoms with Gasteiger partial charge in [-0.05, 0) is 99.2 Å². The van der Waals surface area contributed by atoms with Gasteiger partial charge in [0.15, 0.2) is 5.11 Å². The third-order valence-electron chi connectivity index (χ3n) is 7.12. The van der Waals surface area contributed by atoms with Crippen LogP contribution < -0.4 is 15.4 Å². The highest BCUT2D eigenvalue weighted by molar-refractivity contribution is 7.80. The smallest absolute Gasteiger partial charge is 0.175 e. The van der Waals surface area contributed by atoms with E-state index >= 15 is 0 Å². The molecular formula is C27H34N4OS. The molecule has 0 radical (unpaired) electrons. The van der Waals surface area contributed by atoms with Gasteiger partial charge in [-0.25, -0.2) is 0 Å². The second-order valence-electron chi connectivity index (χ2n) is 9.34. The van der Waals surface area contributed by atoms with E-state index < -0.39 is 0 Å². The number of rotatable bonds is 7. The molecule has 0 aliphatic carbocycles. The Labute approximate surface area is 201 Å². The number of benzene rings is 2. The van der Waals surface area contributed by atoms with Crippen LogP contribution in [0.25, 0.3) is 10.9 Å². The van der Waals surface area contributed by atoms with Crippen molar-refractivity contribution in [3.05, 3.63) is 54.2 Å². The van der Waals surface area contributed by atoms with Crippen molar-refractivity contribution in [2.75, 3.05) is 30.3 Å². The molecular weight excluding hydrogens is 428 g/mol. The zero-order valence-electron chi connectivity index (χ0n) is 19.4. The van der Waals surface area contributed by atoms with E-state index in [-0.39, 0.29) is 0 Å². The summed E-state index contributed by atoms with van der Waals surface area (Å²) in [7, 11) is 0. The maximum atomic E-state index is 5.93. The van der Waals surface area contributed by atoms with Crippen molar-refractivity contribution >= 4 is 39.6 Å². The zero-order valence-corrected chi connectivity index (χ0v) is 20.2. The van der Waals surface area contributed by atoms with Gasteiger partial charge in [0.1, 0.15) is 5.75 Å². The summed E-state index contributed by atoms with van der Waals surface area (Å²) in [6.07, 6.45) is 9.61. The van der Waals surface area contributed by atoms with Gasteiger partial charge >= 0.3 is 0 Å². The van der Waals surface area contributed by atoms with E-state index in [9.17, 15) is 0 Å². The van der Waals surface area contributed by atoms with E-state index in [1.807, 2.05) is 24.3 Å². The number of fused-ring (bicyclic) bond motifs is 2. The summed E-state index contributed by atoms with van der Waals surface area (Å²) in [5.74, 6) is 1.46. The number of hydrogen-bond donors (Lipinski definition) is 3. The minimum atomic E-state index is 0.567. The maximum absolute atomic E-state index is 5.93. The molecule has 0 bridgehead atoms. The maximum Gasteiger partial charge on any atom is 0.175 e. The van der Waals surface area contributed by atoms with Gasteiger partial charge in [0.2, 0.25) is 0 Å². The molecule has 5 rings (SSSR count). The Morgan fingerprint density at radius 2 is 2.06 bits per heavy atom. The van der Waals surface area contributed by atoms with Crippen LogP contribution in [0, 0.1) is 0 Å². The quantitative estimate of drug-likeness (QED) is 0.276. The highest BCUT2D eigenvalue weighted by atomic mass is 32.1. The highest BCUT2D eigenvalue weighted by Gasteiger charge is 2.33. The third kappa shape index (κ3) is 5.02. The third-order valence-corrected chi connectivity index (χ3v) is 7.33. The molecule has 2 fully saturated rings. The zero-order chi connectivity index (χ0) is 22.6. The van der Waals surface area contributed by atoms with Crippen molar-refractivity contribution in [1.29, 1.82) is 0 Å². The number of unbranched alkanes of at least 4 members (excludes halogenated alkanes) is 1. The van der Waals surface area contributed by atoms with E-state index in [2.05, 4.69) is 51.8 Å². The van der Waals surface area contributed by atoms with Gasteiger partial charge in [-0.3, -0.25) is 0 Å². The molecule has 33 heavy (non-hydrogen) atoms. The number of piperidine rings is 1. The molecule has 5 nitrogen and oxygen atoms in total. The molecule has 2 unspecified atom stereocenters. The Morgan fingerprint density at radius 3 is 2.97 bits per heavy atom. The predicted octanol–water partition coefficient (Wildman–Crippen LogP) is 6.50. The summed E-state index contributed by atoms with van der Waals surface area (Å²) in [6, 6.07) is 15.2. The molecule has 1 aromatic heterocycles. The van der Waals surface area contributed by atoms with Crippen LogP contribution in [-0.2, 0) is 0 Å².